The average Bonchev–Trinajstić information content (AvgIpc) is 3.24. The number of ether oxygens (including phenoxy) is 4. The molecule has 1 amide bonds. The van der Waals surface area contributed by atoms with E-state index in [0.29, 0.717) is 28.1 Å². The zero-order valence-corrected chi connectivity index (χ0v) is 39.9. The molecule has 26 heteroatoms. The molecule has 0 aliphatic heterocycles. The molecule has 2 rings (SSSR count). The van der Waals surface area contributed by atoms with Gasteiger partial charge in [0.15, 0.2) is 8.32 Å². The van der Waals surface area contributed by atoms with Crippen molar-refractivity contribution in [2.75, 3.05) is 32.2 Å². The van der Waals surface area contributed by atoms with Crippen LogP contribution in [0.1, 0.15) is 73.5 Å². The van der Waals surface area contributed by atoms with E-state index in [1.54, 1.807) is 58.0 Å². The number of allylic oxidation sites excluding steroid dienone is 2. The molecule has 2 aromatic carbocycles. The van der Waals surface area contributed by atoms with Gasteiger partial charge in [-0.1, -0.05) is 58.4 Å². The predicted molar refractivity (Wildman–Crippen MR) is 223 cm³/mol. The molecule has 2 atom stereocenters. The zero-order valence-electron chi connectivity index (χ0n) is 38.9. The van der Waals surface area contributed by atoms with Crippen LogP contribution >= 0.6 is 0 Å². The molecular formula is C44H52F17NO7Si. The van der Waals surface area contributed by atoms with E-state index < -0.39 is 117 Å². The van der Waals surface area contributed by atoms with Crippen molar-refractivity contribution in [3.05, 3.63) is 77.4 Å². The average molecular weight is 1060 g/mol. The number of carbonyl (C=O) groups excluding carboxylic acids is 2. The summed E-state index contributed by atoms with van der Waals surface area (Å²) in [5.41, 5.74) is 0.169. The van der Waals surface area contributed by atoms with Crippen LogP contribution in [0.4, 0.5) is 85.1 Å². The van der Waals surface area contributed by atoms with Gasteiger partial charge in [0.05, 0.1) is 20.3 Å². The van der Waals surface area contributed by atoms with E-state index in [1.165, 1.54) is 65.1 Å². The topological polar surface area (TPSA) is 92.3 Å². The van der Waals surface area contributed by atoms with Crippen molar-refractivity contribution in [2.24, 2.45) is 5.92 Å². The van der Waals surface area contributed by atoms with Crippen LogP contribution in [0.3, 0.4) is 0 Å². The molecule has 8 nitrogen and oxygen atoms in total. The summed E-state index contributed by atoms with van der Waals surface area (Å²) in [5.74, 6) is -57.4. The molecule has 0 bridgehead atoms. The number of hydrogen-bond acceptors (Lipinski definition) is 7. The minimum Gasteiger partial charge on any atom is -0.497 e. The quantitative estimate of drug-likeness (QED) is 0.0264. The normalized spacial score (nSPS) is 15.2. The highest BCUT2D eigenvalue weighted by Gasteiger charge is 2.95. The lowest BCUT2D eigenvalue weighted by Crippen LogP contribution is -2.74. The van der Waals surface area contributed by atoms with E-state index in [1.807, 2.05) is 0 Å². The number of nitrogens with one attached hydrogen (secondary N) is 1. The molecule has 0 unspecified atom stereocenters. The molecule has 0 saturated heterocycles. The Bertz CT molecular complexity index is 2100. The number of benzene rings is 2. The Morgan fingerprint density at radius 2 is 1.11 bits per heavy atom. The lowest BCUT2D eigenvalue weighted by molar-refractivity contribution is -0.461. The van der Waals surface area contributed by atoms with Gasteiger partial charge in [-0.3, -0.25) is 5.32 Å². The minimum absolute atomic E-state index is 0.119. The molecule has 2 aromatic rings. The smallest absolute Gasteiger partial charge is 0.460 e. The number of methoxy groups -OCH3 is 1. The van der Waals surface area contributed by atoms with E-state index >= 15 is 8.78 Å². The van der Waals surface area contributed by atoms with Gasteiger partial charge in [-0.05, 0) is 85.4 Å². The summed E-state index contributed by atoms with van der Waals surface area (Å²) in [6.45, 7) is 11.2. The molecular weight excluding hydrogens is 1010 g/mol. The van der Waals surface area contributed by atoms with Gasteiger partial charge in [0.2, 0.25) is 0 Å². The number of alkyl halides is 17. The van der Waals surface area contributed by atoms with Gasteiger partial charge >= 0.3 is 59.7 Å². The second-order valence-electron chi connectivity index (χ2n) is 16.7. The van der Waals surface area contributed by atoms with Gasteiger partial charge < -0.3 is 23.4 Å². The predicted octanol–water partition coefficient (Wildman–Crippen LogP) is 14.6. The maximum Gasteiger partial charge on any atom is 0.460 e. The Morgan fingerprint density at radius 1 is 0.643 bits per heavy atom. The van der Waals surface area contributed by atoms with Gasteiger partial charge in [-0.25, -0.2) is 9.59 Å². The maximum atomic E-state index is 15.1. The van der Waals surface area contributed by atoms with Crippen molar-refractivity contribution in [3.63, 3.8) is 0 Å². The summed E-state index contributed by atoms with van der Waals surface area (Å²) in [6.07, 6.45) is -9.31. The Hall–Kier alpha value is -4.75. The molecule has 0 heterocycles. The SMILES string of the molecule is CCOC(=O)/C=C(C)/C=C(\C)[C@@H](C)[C@@H](OC(=O)Nc1ccc(OC)cc1)c1ccc(OCCO[Si](CCC(F)(F)C(F)(F)C(F)(F)C(F)(F)C(F)(F)C(F)(F)C(F)(F)C(F)(F)F)(C(C)C)C(C)C)cc1. The van der Waals surface area contributed by atoms with Crippen molar-refractivity contribution >= 4 is 26.1 Å². The molecule has 1 N–H and O–H groups in total. The van der Waals surface area contributed by atoms with Gasteiger partial charge in [0.25, 0.3) is 0 Å². The fraction of sp³-hybridized carbons (Fsp3) is 0.591. The Labute approximate surface area is 393 Å². The molecule has 0 aliphatic rings. The summed E-state index contributed by atoms with van der Waals surface area (Å²) < 4.78 is 264. The second kappa shape index (κ2) is 22.8. The van der Waals surface area contributed by atoms with E-state index in [2.05, 4.69) is 5.32 Å². The Kier molecular flexibility index (Phi) is 20.0. The van der Waals surface area contributed by atoms with Gasteiger partial charge in [-0.15, -0.1) is 0 Å². The summed E-state index contributed by atoms with van der Waals surface area (Å²) >= 11 is 0. The van der Waals surface area contributed by atoms with Crippen molar-refractivity contribution < 1.29 is 108 Å². The number of esters is 1. The van der Waals surface area contributed by atoms with Crippen LogP contribution in [-0.4, -0.2) is 94.9 Å². The summed E-state index contributed by atoms with van der Waals surface area (Å²) in [6, 6.07) is 10.8. The van der Waals surface area contributed by atoms with Crippen molar-refractivity contribution in [1.29, 1.82) is 0 Å². The lowest BCUT2D eigenvalue weighted by atomic mass is 9.88. The molecule has 0 spiro atoms. The third kappa shape index (κ3) is 12.8. The van der Waals surface area contributed by atoms with Crippen LogP contribution in [0.25, 0.3) is 0 Å². The second-order valence-corrected chi connectivity index (χ2v) is 21.7. The summed E-state index contributed by atoms with van der Waals surface area (Å²) in [7, 11) is -2.58. The van der Waals surface area contributed by atoms with E-state index in [4.69, 9.17) is 23.4 Å². The minimum atomic E-state index is -8.70. The molecule has 0 aromatic heterocycles. The van der Waals surface area contributed by atoms with Crippen molar-refractivity contribution in [2.45, 2.75) is 133 Å². The van der Waals surface area contributed by atoms with Crippen molar-refractivity contribution in [3.8, 4) is 11.5 Å². The number of carbonyl (C=O) groups is 2. The number of amides is 1. The molecule has 70 heavy (non-hydrogen) atoms. The zero-order chi connectivity index (χ0) is 54.3. The molecule has 398 valence electrons. The van der Waals surface area contributed by atoms with E-state index in [-0.39, 0.29) is 12.4 Å². The van der Waals surface area contributed by atoms with Crippen molar-refractivity contribution in [1.82, 2.24) is 0 Å². The maximum absolute atomic E-state index is 15.1. The van der Waals surface area contributed by atoms with Crippen LogP contribution in [0.2, 0.25) is 17.1 Å². The van der Waals surface area contributed by atoms with Crippen LogP contribution in [0.15, 0.2) is 71.8 Å². The highest BCUT2D eigenvalue weighted by molar-refractivity contribution is 6.76. The largest absolute Gasteiger partial charge is 0.497 e. The first kappa shape index (κ1) is 61.4. The third-order valence-electron chi connectivity index (χ3n) is 11.3. The molecule has 0 radical (unpaired) electrons. The first-order valence-electron chi connectivity index (χ1n) is 21.0. The fourth-order valence-electron chi connectivity index (χ4n) is 7.04. The van der Waals surface area contributed by atoms with Crippen LogP contribution in [0.5, 0.6) is 11.5 Å². The van der Waals surface area contributed by atoms with Gasteiger partial charge in [0, 0.05) is 24.1 Å². The molecule has 0 saturated carbocycles. The Morgan fingerprint density at radius 3 is 1.57 bits per heavy atom. The van der Waals surface area contributed by atoms with Gasteiger partial charge in [0.1, 0.15) is 24.2 Å². The number of halogens is 17. The highest BCUT2D eigenvalue weighted by atomic mass is 28.4. The first-order chi connectivity index (χ1) is 31.8. The molecule has 0 aliphatic carbocycles. The monoisotopic (exact) mass is 1060 g/mol. The molecule has 0 fully saturated rings. The Balaban J connectivity index is 2.36. The summed E-state index contributed by atoms with van der Waals surface area (Å²) in [5, 5.41) is 2.60. The third-order valence-corrected chi connectivity index (χ3v) is 17.0. The standard InChI is InChI=1S/C44H52F17NO7Si/c1-10-66-34(63)24-27(6)23-28(7)29(8)35(69-36(64)62-31-13-17-32(65-9)18-14-31)30-11-15-33(16-12-30)67-20-21-68-70(25(2)3,26(4)5)22-19-37(45,46)38(47,48)39(49,50)40(51,52)41(53,54)42(55,56)43(57,58)44(59,60)61/h11-18,23-26,29,35H,10,19-22H2,1-9H3,(H,62,64)/b27-24+,28-23+/t29-,35-/m1/s1. The highest BCUT2D eigenvalue weighted by Crippen LogP contribution is 2.64. The number of hydrogen-bond donors (Lipinski definition) is 1. The van der Waals surface area contributed by atoms with Gasteiger partial charge in [-0.2, -0.15) is 74.6 Å². The first-order valence-corrected chi connectivity index (χ1v) is 23.3. The van der Waals surface area contributed by atoms with E-state index in [9.17, 15) is 75.4 Å². The lowest BCUT2D eigenvalue weighted by Gasteiger charge is -2.44. The summed E-state index contributed by atoms with van der Waals surface area (Å²) in [4.78, 5) is 25.2. The fourth-order valence-corrected chi connectivity index (χ4v) is 11.5. The number of anilines is 1. The number of rotatable bonds is 25. The van der Waals surface area contributed by atoms with Crippen LogP contribution < -0.4 is 14.8 Å². The van der Waals surface area contributed by atoms with Crippen LogP contribution in [0, 0.1) is 5.92 Å². The van der Waals surface area contributed by atoms with E-state index in [0.717, 1.165) is 0 Å². The van der Waals surface area contributed by atoms with Crippen LogP contribution in [-0.2, 0) is 18.7 Å².